The van der Waals surface area contributed by atoms with Gasteiger partial charge >= 0.3 is 11.9 Å². The molecule has 4 rings (SSSR count). The Morgan fingerprint density at radius 3 is 2.38 bits per heavy atom. The molecule has 0 atom stereocenters. The number of nitrogens with zero attached hydrogens (tertiary/aromatic N) is 1. The van der Waals surface area contributed by atoms with Crippen LogP contribution in [0.2, 0.25) is 5.02 Å². The van der Waals surface area contributed by atoms with Crippen LogP contribution < -0.4 is 9.47 Å². The first-order valence-electron chi connectivity index (χ1n) is 13.1. The molecule has 1 aromatic heterocycles. The predicted octanol–water partition coefficient (Wildman–Crippen LogP) is 7.25. The fourth-order valence-corrected chi connectivity index (χ4v) is 4.58. The molecule has 0 spiro atoms. The van der Waals surface area contributed by atoms with Crippen LogP contribution in [-0.4, -0.2) is 39.9 Å². The van der Waals surface area contributed by atoms with Crippen LogP contribution >= 0.6 is 11.6 Å². The summed E-state index contributed by atoms with van der Waals surface area (Å²) >= 11 is 5.77. The summed E-state index contributed by atoms with van der Waals surface area (Å²) < 4.78 is 39.5. The lowest BCUT2D eigenvalue weighted by Gasteiger charge is -2.07. The van der Waals surface area contributed by atoms with Crippen LogP contribution in [0.4, 0.5) is 8.78 Å². The number of fused-ring (bicyclic) bond motifs is 1. The molecule has 3 aromatic carbocycles. The normalized spacial score (nSPS) is 11.5. The third-order valence-electron chi connectivity index (χ3n) is 6.30. The van der Waals surface area contributed by atoms with Crippen molar-refractivity contribution in [1.29, 1.82) is 0 Å². The molecule has 42 heavy (non-hydrogen) atoms. The lowest BCUT2D eigenvalue weighted by molar-refractivity contribution is -0.138. The van der Waals surface area contributed by atoms with Gasteiger partial charge < -0.3 is 24.3 Å². The maximum Gasteiger partial charge on any atom is 0.323 e. The second-order valence-corrected chi connectivity index (χ2v) is 9.74. The standard InChI is InChI=1S/C32H28ClF2NO6/c33-31-27(35)17-24(34)18-28(31)42-16-2-1-15-41-25-13-10-21(11-14-25)9-12-22-5-3-7-26-23(6-4-8-29(37)38)19-36(32(22)26)20-30(39)40/h1-3,5,7,9-14,17-19H,4,6,8,15-16,20H2,(H,37,38)(H,39,40)/b2-1+,12-9+. The molecule has 0 unspecified atom stereocenters. The maximum absolute atomic E-state index is 13.5. The average molecular weight is 596 g/mol. The quantitative estimate of drug-likeness (QED) is 0.0905. The summed E-state index contributed by atoms with van der Waals surface area (Å²) in [4.78, 5) is 22.4. The fraction of sp³-hybridized carbons (Fsp3) is 0.188. The van der Waals surface area contributed by atoms with Gasteiger partial charge in [-0.2, -0.15) is 0 Å². The van der Waals surface area contributed by atoms with E-state index in [-0.39, 0.29) is 37.0 Å². The molecule has 0 bridgehead atoms. The summed E-state index contributed by atoms with van der Waals surface area (Å²) in [6, 6.07) is 14.8. The predicted molar refractivity (Wildman–Crippen MR) is 157 cm³/mol. The zero-order valence-corrected chi connectivity index (χ0v) is 23.2. The van der Waals surface area contributed by atoms with Gasteiger partial charge in [-0.05, 0) is 53.8 Å². The van der Waals surface area contributed by atoms with Gasteiger partial charge in [0.1, 0.15) is 47.9 Å². The number of halogens is 3. The van der Waals surface area contributed by atoms with Gasteiger partial charge in [0.05, 0.1) is 5.52 Å². The Kier molecular flexibility index (Phi) is 10.3. The van der Waals surface area contributed by atoms with Gasteiger partial charge in [-0.1, -0.05) is 54.1 Å². The van der Waals surface area contributed by atoms with Crippen molar-refractivity contribution in [1.82, 2.24) is 4.57 Å². The van der Waals surface area contributed by atoms with Crippen LogP contribution in [0.25, 0.3) is 23.1 Å². The number of ether oxygens (including phenoxy) is 2. The van der Waals surface area contributed by atoms with Crippen LogP contribution in [0.1, 0.15) is 29.5 Å². The Morgan fingerprint density at radius 2 is 1.67 bits per heavy atom. The molecule has 4 aromatic rings. The van der Waals surface area contributed by atoms with Crippen LogP contribution in [0.15, 0.2) is 72.9 Å². The van der Waals surface area contributed by atoms with E-state index in [1.165, 1.54) is 0 Å². The number of carboxylic acid groups (broad SMARTS) is 2. The van der Waals surface area contributed by atoms with Gasteiger partial charge in [-0.25, -0.2) is 8.78 Å². The van der Waals surface area contributed by atoms with Gasteiger partial charge in [0.15, 0.2) is 0 Å². The Hall–Kier alpha value is -4.63. The Morgan fingerprint density at radius 1 is 0.929 bits per heavy atom. The Bertz CT molecular complexity index is 1630. The zero-order valence-electron chi connectivity index (χ0n) is 22.4. The molecular weight excluding hydrogens is 568 g/mol. The van der Waals surface area contributed by atoms with E-state index in [9.17, 15) is 23.5 Å². The molecular formula is C32H28ClF2NO6. The Balaban J connectivity index is 1.37. The minimum absolute atomic E-state index is 0.0454. The molecule has 0 saturated heterocycles. The SMILES string of the molecule is O=C(O)CCCc1cn(CC(=O)O)c2c(/C=C/c3ccc(OC/C=C/COc4cc(F)cc(F)c4Cl)cc3)cccc12. The number of aliphatic carboxylic acids is 2. The van der Waals surface area contributed by atoms with Crippen LogP contribution in [-0.2, 0) is 22.6 Å². The van der Waals surface area contributed by atoms with Crippen molar-refractivity contribution in [2.45, 2.75) is 25.8 Å². The molecule has 1 heterocycles. The lowest BCUT2D eigenvalue weighted by atomic mass is 10.0. The number of hydrogen-bond acceptors (Lipinski definition) is 4. The molecule has 7 nitrogen and oxygen atoms in total. The van der Waals surface area contributed by atoms with E-state index in [0.29, 0.717) is 24.7 Å². The molecule has 0 radical (unpaired) electrons. The van der Waals surface area contributed by atoms with Crippen molar-refractivity contribution in [2.24, 2.45) is 0 Å². The summed E-state index contributed by atoms with van der Waals surface area (Å²) in [7, 11) is 0. The van der Waals surface area contributed by atoms with Gasteiger partial charge in [0.2, 0.25) is 0 Å². The van der Waals surface area contributed by atoms with Gasteiger partial charge in [-0.15, -0.1) is 0 Å². The number of aromatic nitrogens is 1. The highest BCUT2D eigenvalue weighted by Crippen LogP contribution is 2.29. The second kappa shape index (κ2) is 14.3. The number of para-hydroxylation sites is 1. The number of carbonyl (C=O) groups is 2. The number of carboxylic acids is 2. The molecule has 0 amide bonds. The molecule has 0 aliphatic rings. The average Bonchev–Trinajstić information content (AvgIpc) is 3.29. The number of hydrogen-bond donors (Lipinski definition) is 2. The third kappa shape index (κ3) is 8.20. The summed E-state index contributed by atoms with van der Waals surface area (Å²) in [5, 5.41) is 19.0. The monoisotopic (exact) mass is 595 g/mol. The maximum atomic E-state index is 13.5. The van der Waals surface area contributed by atoms with E-state index in [4.69, 9.17) is 26.2 Å². The summed E-state index contributed by atoms with van der Waals surface area (Å²) in [5.74, 6) is -2.94. The highest BCUT2D eigenvalue weighted by Gasteiger charge is 2.14. The van der Waals surface area contributed by atoms with E-state index in [1.54, 1.807) is 22.9 Å². The number of rotatable bonds is 14. The summed E-state index contributed by atoms with van der Waals surface area (Å²) in [6.45, 7) is 0.104. The molecule has 0 fully saturated rings. The summed E-state index contributed by atoms with van der Waals surface area (Å²) in [5.41, 5.74) is 3.44. The molecule has 218 valence electrons. The van der Waals surface area contributed by atoms with Gasteiger partial charge in [0, 0.05) is 30.1 Å². The van der Waals surface area contributed by atoms with Crippen molar-refractivity contribution in [3.05, 3.63) is 106 Å². The van der Waals surface area contributed by atoms with Crippen LogP contribution in [0.5, 0.6) is 11.5 Å². The zero-order chi connectivity index (χ0) is 30.1. The minimum Gasteiger partial charge on any atom is -0.490 e. The fourth-order valence-electron chi connectivity index (χ4n) is 4.41. The second-order valence-electron chi connectivity index (χ2n) is 9.36. The van der Waals surface area contributed by atoms with Crippen molar-refractivity contribution < 1.29 is 38.1 Å². The first kappa shape index (κ1) is 30.3. The first-order chi connectivity index (χ1) is 20.2. The highest BCUT2D eigenvalue weighted by molar-refractivity contribution is 6.32. The van der Waals surface area contributed by atoms with Crippen LogP contribution in [0.3, 0.4) is 0 Å². The van der Waals surface area contributed by atoms with E-state index < -0.39 is 23.6 Å². The molecule has 10 heteroatoms. The van der Waals surface area contributed by atoms with E-state index >= 15 is 0 Å². The molecule has 2 N–H and O–H groups in total. The smallest absolute Gasteiger partial charge is 0.323 e. The van der Waals surface area contributed by atoms with Crippen molar-refractivity contribution >= 4 is 46.6 Å². The third-order valence-corrected chi connectivity index (χ3v) is 6.66. The van der Waals surface area contributed by atoms with Crippen LogP contribution in [0, 0.1) is 11.6 Å². The van der Waals surface area contributed by atoms with Gasteiger partial charge in [0.25, 0.3) is 0 Å². The van der Waals surface area contributed by atoms with Crippen molar-refractivity contribution in [3.8, 4) is 11.5 Å². The molecule has 0 aliphatic heterocycles. The van der Waals surface area contributed by atoms with Crippen molar-refractivity contribution in [2.75, 3.05) is 13.2 Å². The molecule has 0 saturated carbocycles. The van der Waals surface area contributed by atoms with Crippen molar-refractivity contribution in [3.63, 3.8) is 0 Å². The van der Waals surface area contributed by atoms with E-state index in [0.717, 1.165) is 33.7 Å². The number of benzene rings is 3. The Labute approximate surface area is 245 Å². The summed E-state index contributed by atoms with van der Waals surface area (Å²) in [6.07, 6.45) is 10.0. The molecule has 0 aliphatic carbocycles. The minimum atomic E-state index is -0.966. The topological polar surface area (TPSA) is 98.0 Å². The largest absolute Gasteiger partial charge is 0.490 e. The highest BCUT2D eigenvalue weighted by atomic mass is 35.5. The number of aryl methyl sites for hydroxylation is 1. The van der Waals surface area contributed by atoms with Gasteiger partial charge in [-0.3, -0.25) is 9.59 Å². The van der Waals surface area contributed by atoms with E-state index in [1.807, 2.05) is 54.6 Å². The lowest BCUT2D eigenvalue weighted by Crippen LogP contribution is -2.07. The van der Waals surface area contributed by atoms with E-state index in [2.05, 4.69) is 0 Å². The first-order valence-corrected chi connectivity index (χ1v) is 13.5.